The zero-order valence-electron chi connectivity index (χ0n) is 14.4. The molecule has 0 radical (unpaired) electrons. The highest BCUT2D eigenvalue weighted by atomic mass is 32.2. The van der Waals surface area contributed by atoms with Gasteiger partial charge in [0.25, 0.3) is 5.91 Å². The van der Waals surface area contributed by atoms with Crippen molar-refractivity contribution in [1.29, 1.82) is 0 Å². The van der Waals surface area contributed by atoms with E-state index in [1.54, 1.807) is 18.0 Å². The molecule has 1 aromatic heterocycles. The molecule has 2 heterocycles. The topological polar surface area (TPSA) is 73.9 Å². The highest BCUT2D eigenvalue weighted by Crippen LogP contribution is 2.14. The Bertz CT molecular complexity index is 636. The van der Waals surface area contributed by atoms with Gasteiger partial charge in [-0.3, -0.25) is 9.69 Å². The van der Waals surface area contributed by atoms with Gasteiger partial charge in [-0.15, -0.1) is 16.9 Å². The Morgan fingerprint density at radius 1 is 1.16 bits per heavy atom. The summed E-state index contributed by atoms with van der Waals surface area (Å²) in [5.74, 6) is 0.743. The van der Waals surface area contributed by atoms with E-state index in [0.29, 0.717) is 12.1 Å². The largest absolute Gasteiger partial charge is 0.351 e. The lowest BCUT2D eigenvalue weighted by molar-refractivity contribution is 0.0956. The average Bonchev–Trinajstić information content (AvgIpc) is 3.02. The van der Waals surface area contributed by atoms with Crippen LogP contribution < -0.4 is 5.32 Å². The molecule has 0 atom stereocenters. The first-order valence-electron chi connectivity index (χ1n) is 8.89. The predicted octanol–water partition coefficient (Wildman–Crippen LogP) is 2.70. The second-order valence-electron chi connectivity index (χ2n) is 6.30. The molecule has 25 heavy (non-hydrogen) atoms. The number of benzene rings is 1. The zero-order chi connectivity index (χ0) is 17.3. The number of H-pyrrole nitrogens is 1. The summed E-state index contributed by atoms with van der Waals surface area (Å²) in [6.07, 6.45) is 6.98. The predicted molar refractivity (Wildman–Crippen MR) is 99.6 cm³/mol. The second kappa shape index (κ2) is 9.58. The van der Waals surface area contributed by atoms with E-state index >= 15 is 0 Å². The van der Waals surface area contributed by atoms with Gasteiger partial charge in [-0.1, -0.05) is 25.0 Å². The number of rotatable bonds is 7. The molecule has 0 unspecified atom stereocenters. The van der Waals surface area contributed by atoms with Crippen molar-refractivity contribution in [3.05, 3.63) is 41.6 Å². The van der Waals surface area contributed by atoms with Crippen molar-refractivity contribution < 1.29 is 4.79 Å². The van der Waals surface area contributed by atoms with E-state index in [2.05, 4.69) is 37.8 Å². The van der Waals surface area contributed by atoms with Crippen LogP contribution in [-0.2, 0) is 6.54 Å². The van der Waals surface area contributed by atoms with Crippen LogP contribution in [0.1, 0.15) is 41.6 Å². The SMILES string of the molecule is O=C(NCCSc1cn[nH]n1)c1ccc(CN2CCCCCC2)cc1. The third kappa shape index (κ3) is 5.86. The first-order chi connectivity index (χ1) is 12.3. The van der Waals surface area contributed by atoms with Crippen molar-refractivity contribution in [2.45, 2.75) is 37.3 Å². The number of hydrogen-bond acceptors (Lipinski definition) is 5. The molecule has 7 heteroatoms. The fourth-order valence-electron chi connectivity index (χ4n) is 3.00. The van der Waals surface area contributed by atoms with Gasteiger partial charge in [-0.05, 0) is 43.6 Å². The normalized spacial score (nSPS) is 15.7. The number of nitrogens with one attached hydrogen (secondary N) is 2. The number of likely N-dealkylation sites (tertiary alicyclic amines) is 1. The van der Waals surface area contributed by atoms with Crippen molar-refractivity contribution >= 4 is 17.7 Å². The molecule has 1 aromatic carbocycles. The molecular weight excluding hydrogens is 334 g/mol. The van der Waals surface area contributed by atoms with Crippen LogP contribution in [0.15, 0.2) is 35.5 Å². The first kappa shape index (κ1) is 17.9. The van der Waals surface area contributed by atoms with E-state index in [0.717, 1.165) is 17.3 Å². The molecule has 0 aliphatic carbocycles. The number of aromatic nitrogens is 3. The lowest BCUT2D eigenvalue weighted by atomic mass is 10.1. The minimum Gasteiger partial charge on any atom is -0.351 e. The average molecular weight is 359 g/mol. The van der Waals surface area contributed by atoms with E-state index in [9.17, 15) is 4.79 Å². The Kier molecular flexibility index (Phi) is 6.88. The van der Waals surface area contributed by atoms with Gasteiger partial charge in [-0.25, -0.2) is 0 Å². The van der Waals surface area contributed by atoms with Crippen molar-refractivity contribution in [2.24, 2.45) is 0 Å². The summed E-state index contributed by atoms with van der Waals surface area (Å²) in [7, 11) is 0. The second-order valence-corrected chi connectivity index (χ2v) is 7.42. The molecule has 2 aromatic rings. The molecule has 134 valence electrons. The molecule has 0 saturated carbocycles. The highest BCUT2D eigenvalue weighted by molar-refractivity contribution is 7.99. The Balaban J connectivity index is 1.42. The van der Waals surface area contributed by atoms with E-state index in [1.807, 2.05) is 12.1 Å². The van der Waals surface area contributed by atoms with Crippen LogP contribution in [0, 0.1) is 0 Å². The number of nitrogens with zero attached hydrogens (tertiary/aromatic N) is 3. The van der Waals surface area contributed by atoms with E-state index < -0.39 is 0 Å². The lowest BCUT2D eigenvalue weighted by Crippen LogP contribution is -2.26. The maximum Gasteiger partial charge on any atom is 0.251 e. The third-order valence-corrected chi connectivity index (χ3v) is 5.25. The molecule has 1 amide bonds. The summed E-state index contributed by atoms with van der Waals surface area (Å²) in [6, 6.07) is 7.99. The van der Waals surface area contributed by atoms with Crippen LogP contribution in [-0.4, -0.2) is 51.6 Å². The fourth-order valence-corrected chi connectivity index (χ4v) is 3.64. The number of hydrogen-bond donors (Lipinski definition) is 2. The van der Waals surface area contributed by atoms with E-state index in [1.165, 1.54) is 44.3 Å². The van der Waals surface area contributed by atoms with Crippen LogP contribution in [0.5, 0.6) is 0 Å². The zero-order valence-corrected chi connectivity index (χ0v) is 15.2. The Morgan fingerprint density at radius 3 is 2.60 bits per heavy atom. The smallest absolute Gasteiger partial charge is 0.251 e. The standard InChI is InChI=1S/C18H25N5OS/c24-18(19-9-12-25-17-13-20-22-21-17)16-7-5-15(6-8-16)14-23-10-3-1-2-4-11-23/h5-8,13H,1-4,9-12,14H2,(H,19,24)(H,20,21,22). The Hall–Kier alpha value is -1.86. The summed E-state index contributed by atoms with van der Waals surface area (Å²) in [4.78, 5) is 14.7. The molecule has 1 aliphatic rings. The van der Waals surface area contributed by atoms with E-state index in [4.69, 9.17) is 0 Å². The molecule has 3 rings (SSSR count). The Labute approximate surface area is 152 Å². The number of aromatic amines is 1. The van der Waals surface area contributed by atoms with Gasteiger partial charge in [0.15, 0.2) is 0 Å². The first-order valence-corrected chi connectivity index (χ1v) is 9.88. The molecule has 6 nitrogen and oxygen atoms in total. The Morgan fingerprint density at radius 2 is 1.92 bits per heavy atom. The van der Waals surface area contributed by atoms with Crippen molar-refractivity contribution in [3.8, 4) is 0 Å². The number of carbonyl (C=O) groups is 1. The molecule has 2 N–H and O–H groups in total. The van der Waals surface area contributed by atoms with Crippen LogP contribution >= 0.6 is 11.8 Å². The van der Waals surface area contributed by atoms with Crippen LogP contribution in [0.3, 0.4) is 0 Å². The molecule has 0 bridgehead atoms. The maximum atomic E-state index is 12.2. The highest BCUT2D eigenvalue weighted by Gasteiger charge is 2.10. The summed E-state index contributed by atoms with van der Waals surface area (Å²) in [6.45, 7) is 3.96. The van der Waals surface area contributed by atoms with Gasteiger partial charge >= 0.3 is 0 Å². The number of carbonyl (C=O) groups excluding carboxylic acids is 1. The van der Waals surface area contributed by atoms with Gasteiger partial charge in [-0.2, -0.15) is 10.3 Å². The van der Waals surface area contributed by atoms with Gasteiger partial charge in [0.05, 0.1) is 6.20 Å². The summed E-state index contributed by atoms with van der Waals surface area (Å²) < 4.78 is 0. The van der Waals surface area contributed by atoms with Gasteiger partial charge in [0.1, 0.15) is 5.03 Å². The summed E-state index contributed by atoms with van der Waals surface area (Å²) >= 11 is 1.56. The van der Waals surface area contributed by atoms with Gasteiger partial charge < -0.3 is 5.32 Å². The lowest BCUT2D eigenvalue weighted by Gasteiger charge is -2.19. The number of thioether (sulfide) groups is 1. The molecule has 1 fully saturated rings. The molecule has 1 aliphatic heterocycles. The fraction of sp³-hybridized carbons (Fsp3) is 0.500. The monoisotopic (exact) mass is 359 g/mol. The van der Waals surface area contributed by atoms with E-state index in [-0.39, 0.29) is 5.91 Å². The maximum absolute atomic E-state index is 12.2. The van der Waals surface area contributed by atoms with Crippen molar-refractivity contribution in [1.82, 2.24) is 25.6 Å². The minimum absolute atomic E-state index is 0.0259. The van der Waals surface area contributed by atoms with Crippen LogP contribution in [0.25, 0.3) is 0 Å². The van der Waals surface area contributed by atoms with Gasteiger partial charge in [0.2, 0.25) is 0 Å². The van der Waals surface area contributed by atoms with Crippen molar-refractivity contribution in [3.63, 3.8) is 0 Å². The third-order valence-electron chi connectivity index (χ3n) is 4.35. The molecule has 1 saturated heterocycles. The number of amides is 1. The molecular formula is C18H25N5OS. The summed E-state index contributed by atoms with van der Waals surface area (Å²) in [5.41, 5.74) is 1.99. The molecule has 0 spiro atoms. The van der Waals surface area contributed by atoms with Crippen molar-refractivity contribution in [2.75, 3.05) is 25.4 Å². The minimum atomic E-state index is -0.0259. The van der Waals surface area contributed by atoms with Crippen LogP contribution in [0.4, 0.5) is 0 Å². The summed E-state index contributed by atoms with van der Waals surface area (Å²) in [5, 5.41) is 14.1. The quantitative estimate of drug-likeness (QED) is 0.587. The van der Waals surface area contributed by atoms with Gasteiger partial charge in [0, 0.05) is 24.4 Å². The van der Waals surface area contributed by atoms with Crippen LogP contribution in [0.2, 0.25) is 0 Å².